The van der Waals surface area contributed by atoms with Crippen molar-refractivity contribution >= 4 is 16.7 Å². The maximum absolute atomic E-state index is 12.6. The molecule has 0 aromatic heterocycles. The smallest absolute Gasteiger partial charge is 0.338 e. The van der Waals surface area contributed by atoms with E-state index in [0.29, 0.717) is 11.5 Å². The van der Waals surface area contributed by atoms with Crippen molar-refractivity contribution in [3.8, 4) is 5.75 Å². The normalized spacial score (nSPS) is 16.1. The van der Waals surface area contributed by atoms with Crippen molar-refractivity contribution in [2.24, 2.45) is 5.92 Å². The Labute approximate surface area is 143 Å². The number of fused-ring (bicyclic) bond motifs is 1. The van der Waals surface area contributed by atoms with E-state index in [9.17, 15) is 4.79 Å². The molecule has 0 aliphatic carbocycles. The summed E-state index contributed by atoms with van der Waals surface area (Å²) in [5.41, 5.74) is 0.142. The number of piperidine rings is 1. The lowest BCUT2D eigenvalue weighted by Crippen LogP contribution is -2.42. The molecule has 1 N–H and O–H groups in total. The summed E-state index contributed by atoms with van der Waals surface area (Å²) in [6, 6.07) is 11.5. The first-order chi connectivity index (χ1) is 11.5. The predicted octanol–water partition coefficient (Wildman–Crippen LogP) is 3.78. The highest BCUT2D eigenvalue weighted by Gasteiger charge is 2.34. The number of carbonyl (C=O) groups excluding carboxylic acids is 1. The van der Waals surface area contributed by atoms with Gasteiger partial charge in [0.05, 0.1) is 12.7 Å². The summed E-state index contributed by atoms with van der Waals surface area (Å²) in [5, 5.41) is 5.40. The summed E-state index contributed by atoms with van der Waals surface area (Å²) >= 11 is 0. The quantitative estimate of drug-likeness (QED) is 0.868. The zero-order valence-corrected chi connectivity index (χ0v) is 14.6. The Bertz CT molecular complexity index is 733. The van der Waals surface area contributed by atoms with Crippen molar-refractivity contribution in [2.45, 2.75) is 32.3 Å². The van der Waals surface area contributed by atoms with Gasteiger partial charge in [-0.3, -0.25) is 0 Å². The fraction of sp³-hybridized carbons (Fsp3) is 0.450. The van der Waals surface area contributed by atoms with Gasteiger partial charge in [0.2, 0.25) is 0 Å². The first-order valence-corrected chi connectivity index (χ1v) is 8.51. The molecule has 0 amide bonds. The van der Waals surface area contributed by atoms with Crippen LogP contribution in [-0.4, -0.2) is 31.8 Å². The van der Waals surface area contributed by atoms with E-state index >= 15 is 0 Å². The van der Waals surface area contributed by atoms with Crippen LogP contribution >= 0.6 is 0 Å². The number of nitrogens with one attached hydrogen (secondary N) is 1. The molecule has 1 aliphatic rings. The van der Waals surface area contributed by atoms with Crippen molar-refractivity contribution in [1.82, 2.24) is 5.32 Å². The maximum Gasteiger partial charge on any atom is 0.338 e. The van der Waals surface area contributed by atoms with Crippen LogP contribution in [-0.2, 0) is 4.74 Å². The van der Waals surface area contributed by atoms with Crippen molar-refractivity contribution in [1.29, 1.82) is 0 Å². The van der Waals surface area contributed by atoms with Gasteiger partial charge in [0.15, 0.2) is 0 Å². The Kier molecular flexibility index (Phi) is 4.76. The number of esters is 1. The molecule has 0 saturated carbocycles. The van der Waals surface area contributed by atoms with E-state index in [1.54, 1.807) is 7.11 Å². The summed E-state index contributed by atoms with van der Waals surface area (Å²) in [4.78, 5) is 12.6. The van der Waals surface area contributed by atoms with E-state index in [1.807, 2.05) is 50.2 Å². The Morgan fingerprint density at radius 3 is 2.46 bits per heavy atom. The Hall–Kier alpha value is -2.07. The SMILES string of the molecule is COc1ccc2cc(C(=O)OC(C)(C)C3CCNCC3)ccc2c1. The monoisotopic (exact) mass is 327 g/mol. The van der Waals surface area contributed by atoms with Gasteiger partial charge in [-0.15, -0.1) is 0 Å². The fourth-order valence-electron chi connectivity index (χ4n) is 3.38. The van der Waals surface area contributed by atoms with E-state index in [1.165, 1.54) is 0 Å². The molecule has 2 aromatic rings. The first-order valence-electron chi connectivity index (χ1n) is 8.51. The van der Waals surface area contributed by atoms with Gasteiger partial charge in [0, 0.05) is 5.92 Å². The summed E-state index contributed by atoms with van der Waals surface area (Å²) in [5.74, 6) is 0.952. The van der Waals surface area contributed by atoms with Gasteiger partial charge in [0.25, 0.3) is 0 Å². The summed E-state index contributed by atoms with van der Waals surface area (Å²) < 4.78 is 11.1. The number of hydrogen-bond acceptors (Lipinski definition) is 4. The molecule has 4 heteroatoms. The highest BCUT2D eigenvalue weighted by Crippen LogP contribution is 2.30. The molecule has 1 aliphatic heterocycles. The molecule has 0 radical (unpaired) electrons. The van der Waals surface area contributed by atoms with Gasteiger partial charge in [-0.1, -0.05) is 12.1 Å². The largest absolute Gasteiger partial charge is 0.497 e. The average molecular weight is 327 g/mol. The van der Waals surface area contributed by atoms with E-state index < -0.39 is 5.60 Å². The third kappa shape index (κ3) is 3.54. The molecule has 2 aromatic carbocycles. The zero-order valence-electron chi connectivity index (χ0n) is 14.6. The Morgan fingerprint density at radius 2 is 1.75 bits per heavy atom. The number of methoxy groups -OCH3 is 1. The molecule has 128 valence electrons. The van der Waals surface area contributed by atoms with Crippen LogP contribution in [0.15, 0.2) is 36.4 Å². The van der Waals surface area contributed by atoms with Crippen LogP contribution in [0.3, 0.4) is 0 Å². The summed E-state index contributed by atoms with van der Waals surface area (Å²) in [6.45, 7) is 6.02. The average Bonchev–Trinajstić information content (AvgIpc) is 2.61. The molecule has 0 unspecified atom stereocenters. The topological polar surface area (TPSA) is 47.6 Å². The van der Waals surface area contributed by atoms with Crippen molar-refractivity contribution in [3.63, 3.8) is 0 Å². The minimum atomic E-state index is -0.450. The summed E-state index contributed by atoms with van der Waals surface area (Å²) in [7, 11) is 1.65. The maximum atomic E-state index is 12.6. The highest BCUT2D eigenvalue weighted by molar-refractivity contribution is 5.95. The van der Waals surface area contributed by atoms with E-state index in [4.69, 9.17) is 9.47 Å². The number of hydrogen-bond donors (Lipinski definition) is 1. The highest BCUT2D eigenvalue weighted by atomic mass is 16.6. The van der Waals surface area contributed by atoms with Crippen molar-refractivity contribution in [2.75, 3.05) is 20.2 Å². The number of benzene rings is 2. The molecule has 0 atom stereocenters. The van der Waals surface area contributed by atoms with E-state index in [2.05, 4.69) is 5.32 Å². The van der Waals surface area contributed by atoms with Gasteiger partial charge < -0.3 is 14.8 Å². The van der Waals surface area contributed by atoms with Gasteiger partial charge in [-0.05, 0) is 74.8 Å². The van der Waals surface area contributed by atoms with Crippen molar-refractivity contribution in [3.05, 3.63) is 42.0 Å². The molecule has 4 nitrogen and oxygen atoms in total. The number of carbonyl (C=O) groups is 1. The number of ether oxygens (including phenoxy) is 2. The predicted molar refractivity (Wildman–Crippen MR) is 95.6 cm³/mol. The van der Waals surface area contributed by atoms with Crippen LogP contribution < -0.4 is 10.1 Å². The zero-order chi connectivity index (χ0) is 17.2. The third-order valence-electron chi connectivity index (χ3n) is 4.96. The van der Waals surface area contributed by atoms with Crippen LogP contribution in [0, 0.1) is 5.92 Å². The first kappa shape index (κ1) is 16.8. The number of rotatable bonds is 4. The van der Waals surface area contributed by atoms with Crippen LogP contribution in [0.1, 0.15) is 37.0 Å². The lowest BCUT2D eigenvalue weighted by atomic mass is 9.83. The van der Waals surface area contributed by atoms with Crippen LogP contribution in [0.25, 0.3) is 10.8 Å². The molecule has 0 bridgehead atoms. The lowest BCUT2D eigenvalue weighted by molar-refractivity contribution is -0.0368. The van der Waals surface area contributed by atoms with Crippen LogP contribution in [0.2, 0.25) is 0 Å². The molecule has 1 fully saturated rings. The fourth-order valence-corrected chi connectivity index (χ4v) is 3.38. The third-order valence-corrected chi connectivity index (χ3v) is 4.96. The molecule has 1 saturated heterocycles. The summed E-state index contributed by atoms with van der Waals surface area (Å²) in [6.07, 6.45) is 2.08. The van der Waals surface area contributed by atoms with Crippen molar-refractivity contribution < 1.29 is 14.3 Å². The second kappa shape index (κ2) is 6.81. The van der Waals surface area contributed by atoms with Gasteiger partial charge in [0.1, 0.15) is 11.4 Å². The van der Waals surface area contributed by atoms with Gasteiger partial charge in [-0.2, -0.15) is 0 Å². The minimum Gasteiger partial charge on any atom is -0.497 e. The standard InChI is InChI=1S/C20H25NO3/c1-20(2,17-8-10-21-11-9-17)24-19(22)16-5-4-15-13-18(23-3)7-6-14(15)12-16/h4-7,12-13,17,21H,8-11H2,1-3H3. The van der Waals surface area contributed by atoms with E-state index in [-0.39, 0.29) is 5.97 Å². The Morgan fingerprint density at radius 1 is 1.08 bits per heavy atom. The van der Waals surface area contributed by atoms with Crippen LogP contribution in [0.5, 0.6) is 5.75 Å². The minimum absolute atomic E-state index is 0.253. The second-order valence-corrected chi connectivity index (χ2v) is 6.95. The molecule has 1 heterocycles. The van der Waals surface area contributed by atoms with Crippen LogP contribution in [0.4, 0.5) is 0 Å². The van der Waals surface area contributed by atoms with E-state index in [0.717, 1.165) is 42.5 Å². The van der Waals surface area contributed by atoms with Gasteiger partial charge in [-0.25, -0.2) is 4.79 Å². The molecular formula is C20H25NO3. The second-order valence-electron chi connectivity index (χ2n) is 6.95. The molecular weight excluding hydrogens is 302 g/mol. The molecule has 3 rings (SSSR count). The Balaban J connectivity index is 1.77. The lowest BCUT2D eigenvalue weighted by Gasteiger charge is -2.36. The van der Waals surface area contributed by atoms with Gasteiger partial charge >= 0.3 is 5.97 Å². The molecule has 24 heavy (non-hydrogen) atoms. The molecule has 0 spiro atoms.